The molecular formula is C15H22ClN3OS. The summed E-state index contributed by atoms with van der Waals surface area (Å²) in [5.41, 5.74) is 0.521. The number of halogens is 1. The first kappa shape index (κ1) is 16.4. The fourth-order valence-corrected chi connectivity index (χ4v) is 3.66. The van der Waals surface area contributed by atoms with Gasteiger partial charge in [-0.2, -0.15) is 11.8 Å². The molecule has 1 saturated heterocycles. The molecule has 0 unspecified atom stereocenters. The number of nitrogens with one attached hydrogen (secondary N) is 2. The van der Waals surface area contributed by atoms with Gasteiger partial charge >= 0.3 is 0 Å². The molecule has 1 aliphatic heterocycles. The van der Waals surface area contributed by atoms with E-state index in [1.165, 1.54) is 24.3 Å². The van der Waals surface area contributed by atoms with Crippen LogP contribution in [0.1, 0.15) is 36.5 Å². The van der Waals surface area contributed by atoms with Crippen LogP contribution in [0.4, 0.5) is 5.82 Å². The van der Waals surface area contributed by atoms with Crippen molar-refractivity contribution < 1.29 is 4.79 Å². The molecule has 1 aromatic rings. The normalized spacial score (nSPS) is 15.7. The largest absolute Gasteiger partial charge is 0.369 e. The van der Waals surface area contributed by atoms with Gasteiger partial charge in [0.2, 0.25) is 0 Å². The van der Waals surface area contributed by atoms with Crippen LogP contribution in [0.2, 0.25) is 5.02 Å². The number of hydrogen-bond donors (Lipinski definition) is 2. The molecule has 2 N–H and O–H groups in total. The van der Waals surface area contributed by atoms with Gasteiger partial charge in [0.05, 0.1) is 10.6 Å². The second kappa shape index (κ2) is 8.49. The molecule has 2 heterocycles. The number of nitrogens with zero attached hydrogens (tertiary/aromatic N) is 1. The average Bonchev–Trinajstić information content (AvgIpc) is 2.52. The van der Waals surface area contributed by atoms with E-state index in [4.69, 9.17) is 11.6 Å². The lowest BCUT2D eigenvalue weighted by Crippen LogP contribution is -2.31. The van der Waals surface area contributed by atoms with Crippen molar-refractivity contribution in [2.45, 2.75) is 26.2 Å². The predicted octanol–water partition coefficient (Wildman–Crippen LogP) is 3.43. The van der Waals surface area contributed by atoms with Crippen LogP contribution in [0.3, 0.4) is 0 Å². The van der Waals surface area contributed by atoms with Crippen molar-refractivity contribution in [3.8, 4) is 0 Å². The van der Waals surface area contributed by atoms with Crippen LogP contribution in [0.15, 0.2) is 12.3 Å². The summed E-state index contributed by atoms with van der Waals surface area (Å²) in [4.78, 5) is 16.4. The number of anilines is 1. The minimum absolute atomic E-state index is 0.0929. The molecule has 4 nitrogen and oxygen atoms in total. The molecule has 0 aromatic carbocycles. The van der Waals surface area contributed by atoms with E-state index in [1.54, 1.807) is 12.3 Å². The van der Waals surface area contributed by atoms with Gasteiger partial charge in [-0.15, -0.1) is 0 Å². The van der Waals surface area contributed by atoms with Crippen molar-refractivity contribution >= 4 is 35.1 Å². The van der Waals surface area contributed by atoms with Crippen LogP contribution in [0.5, 0.6) is 0 Å². The van der Waals surface area contributed by atoms with E-state index in [9.17, 15) is 4.79 Å². The summed E-state index contributed by atoms with van der Waals surface area (Å²) in [6.45, 7) is 3.64. The second-order valence-electron chi connectivity index (χ2n) is 5.25. The highest BCUT2D eigenvalue weighted by molar-refractivity contribution is 7.99. The van der Waals surface area contributed by atoms with Crippen LogP contribution in [-0.4, -0.2) is 35.5 Å². The quantitative estimate of drug-likeness (QED) is 0.840. The van der Waals surface area contributed by atoms with Gasteiger partial charge in [0.25, 0.3) is 5.91 Å². The Bertz CT molecular complexity index is 478. The molecule has 0 atom stereocenters. The standard InChI is InChI=1S/C15H22ClN3OS/c1-2-5-17-14-13(16)8-12(10-18-14)15(20)19-9-11-3-6-21-7-4-11/h8,10-11H,2-7,9H2,1H3,(H,17,18)(H,19,20). The third-order valence-electron chi connectivity index (χ3n) is 3.54. The van der Waals surface area contributed by atoms with Gasteiger partial charge in [0.15, 0.2) is 0 Å². The highest BCUT2D eigenvalue weighted by atomic mass is 35.5. The summed E-state index contributed by atoms with van der Waals surface area (Å²) in [7, 11) is 0. The SMILES string of the molecule is CCCNc1ncc(C(=O)NCC2CCSCC2)cc1Cl. The first-order valence-electron chi connectivity index (χ1n) is 7.46. The maximum absolute atomic E-state index is 12.1. The maximum atomic E-state index is 12.1. The highest BCUT2D eigenvalue weighted by Gasteiger charge is 2.16. The van der Waals surface area contributed by atoms with Crippen molar-refractivity contribution in [1.29, 1.82) is 0 Å². The van der Waals surface area contributed by atoms with Gasteiger partial charge in [0, 0.05) is 19.3 Å². The summed E-state index contributed by atoms with van der Waals surface area (Å²) in [6, 6.07) is 1.68. The molecule has 1 aliphatic rings. The molecular weight excluding hydrogens is 306 g/mol. The van der Waals surface area contributed by atoms with Gasteiger partial charge < -0.3 is 10.6 Å². The fourth-order valence-electron chi connectivity index (χ4n) is 2.23. The molecule has 0 bridgehead atoms. The van der Waals surface area contributed by atoms with Gasteiger partial charge in [0.1, 0.15) is 5.82 Å². The summed E-state index contributed by atoms with van der Waals surface area (Å²) in [5, 5.41) is 6.62. The van der Waals surface area contributed by atoms with Crippen LogP contribution in [-0.2, 0) is 0 Å². The molecule has 0 saturated carbocycles. The molecule has 0 aliphatic carbocycles. The van der Waals surface area contributed by atoms with Gasteiger partial charge in [-0.05, 0) is 42.8 Å². The van der Waals surface area contributed by atoms with E-state index in [0.717, 1.165) is 19.5 Å². The van der Waals surface area contributed by atoms with Crippen LogP contribution < -0.4 is 10.6 Å². The molecule has 1 amide bonds. The number of pyridine rings is 1. The number of thioether (sulfide) groups is 1. The Morgan fingerprint density at radius 2 is 2.24 bits per heavy atom. The van der Waals surface area contributed by atoms with Gasteiger partial charge in [-0.1, -0.05) is 18.5 Å². The van der Waals surface area contributed by atoms with E-state index in [1.807, 2.05) is 11.8 Å². The van der Waals surface area contributed by atoms with Gasteiger partial charge in [-0.25, -0.2) is 4.98 Å². The van der Waals surface area contributed by atoms with Crippen LogP contribution >= 0.6 is 23.4 Å². The van der Waals surface area contributed by atoms with E-state index in [-0.39, 0.29) is 5.91 Å². The molecule has 6 heteroatoms. The molecule has 0 spiro atoms. The lowest BCUT2D eigenvalue weighted by Gasteiger charge is -2.21. The maximum Gasteiger partial charge on any atom is 0.252 e. The number of hydrogen-bond acceptors (Lipinski definition) is 4. The van der Waals surface area contributed by atoms with Crippen molar-refractivity contribution in [2.75, 3.05) is 29.9 Å². The fraction of sp³-hybridized carbons (Fsp3) is 0.600. The minimum Gasteiger partial charge on any atom is -0.369 e. The first-order valence-corrected chi connectivity index (χ1v) is 8.99. The summed E-state index contributed by atoms with van der Waals surface area (Å²) in [6.07, 6.45) is 4.95. The zero-order valence-corrected chi connectivity index (χ0v) is 13.9. The third-order valence-corrected chi connectivity index (χ3v) is 4.87. The number of rotatable bonds is 6. The number of carbonyl (C=O) groups is 1. The minimum atomic E-state index is -0.0929. The highest BCUT2D eigenvalue weighted by Crippen LogP contribution is 2.22. The van der Waals surface area contributed by atoms with E-state index < -0.39 is 0 Å². The van der Waals surface area contributed by atoms with Crippen molar-refractivity contribution in [2.24, 2.45) is 5.92 Å². The molecule has 1 aromatic heterocycles. The Morgan fingerprint density at radius 3 is 2.90 bits per heavy atom. The zero-order valence-electron chi connectivity index (χ0n) is 12.3. The van der Waals surface area contributed by atoms with E-state index in [0.29, 0.717) is 22.3 Å². The Kier molecular flexibility index (Phi) is 6.64. The lowest BCUT2D eigenvalue weighted by molar-refractivity contribution is 0.0946. The van der Waals surface area contributed by atoms with Crippen molar-refractivity contribution in [3.05, 3.63) is 22.8 Å². The van der Waals surface area contributed by atoms with Crippen molar-refractivity contribution in [1.82, 2.24) is 10.3 Å². The van der Waals surface area contributed by atoms with Crippen LogP contribution in [0, 0.1) is 5.92 Å². The zero-order chi connectivity index (χ0) is 15.1. The Balaban J connectivity index is 1.88. The Labute approximate surface area is 135 Å². The molecule has 0 radical (unpaired) electrons. The number of amides is 1. The molecule has 116 valence electrons. The monoisotopic (exact) mass is 327 g/mol. The molecule has 21 heavy (non-hydrogen) atoms. The van der Waals surface area contributed by atoms with E-state index >= 15 is 0 Å². The average molecular weight is 328 g/mol. The number of carbonyl (C=O) groups excluding carboxylic acids is 1. The third kappa shape index (κ3) is 5.08. The van der Waals surface area contributed by atoms with Crippen molar-refractivity contribution in [3.63, 3.8) is 0 Å². The lowest BCUT2D eigenvalue weighted by atomic mass is 10.0. The molecule has 1 fully saturated rings. The molecule has 2 rings (SSSR count). The van der Waals surface area contributed by atoms with E-state index in [2.05, 4.69) is 22.5 Å². The summed E-state index contributed by atoms with van der Waals surface area (Å²) < 4.78 is 0. The topological polar surface area (TPSA) is 54.0 Å². The second-order valence-corrected chi connectivity index (χ2v) is 6.88. The smallest absolute Gasteiger partial charge is 0.252 e. The predicted molar refractivity (Wildman–Crippen MR) is 90.4 cm³/mol. The Hall–Kier alpha value is -0.940. The number of aromatic nitrogens is 1. The first-order chi connectivity index (χ1) is 10.2. The van der Waals surface area contributed by atoms with Crippen LogP contribution in [0.25, 0.3) is 0 Å². The summed E-state index contributed by atoms with van der Waals surface area (Å²) in [5.74, 6) is 3.55. The summed E-state index contributed by atoms with van der Waals surface area (Å²) >= 11 is 8.14. The Morgan fingerprint density at radius 1 is 1.48 bits per heavy atom. The van der Waals surface area contributed by atoms with Gasteiger partial charge in [-0.3, -0.25) is 4.79 Å².